The monoisotopic (exact) mass is 432 g/mol. The fourth-order valence-corrected chi connectivity index (χ4v) is 3.06. The largest absolute Gasteiger partial charge is 0.508 e. The Kier molecular flexibility index (Phi) is 7.26. The summed E-state index contributed by atoms with van der Waals surface area (Å²) in [5.41, 5.74) is 1.05. The van der Waals surface area contributed by atoms with Crippen LogP contribution < -0.4 is 9.47 Å². The van der Waals surface area contributed by atoms with Crippen LogP contribution in [0.15, 0.2) is 48.5 Å². The SMILES string of the molecule is COc1cc(C(=O)C=Cc2ccc(O)cc2)ccc1OC1OC(CO)C(O)C(O)C1O. The van der Waals surface area contributed by atoms with Crippen molar-refractivity contribution in [1.82, 2.24) is 0 Å². The van der Waals surface area contributed by atoms with Crippen LogP contribution in [0.2, 0.25) is 0 Å². The molecule has 1 heterocycles. The molecule has 1 saturated heterocycles. The first kappa shape index (κ1) is 22.7. The first-order valence-corrected chi connectivity index (χ1v) is 9.50. The number of allylic oxidation sites excluding steroid dienone is 1. The van der Waals surface area contributed by atoms with Gasteiger partial charge in [-0.1, -0.05) is 18.2 Å². The van der Waals surface area contributed by atoms with Crippen LogP contribution in [0.4, 0.5) is 0 Å². The zero-order valence-corrected chi connectivity index (χ0v) is 16.7. The molecule has 31 heavy (non-hydrogen) atoms. The molecule has 166 valence electrons. The molecule has 2 aromatic rings. The Labute approximate surface area is 178 Å². The molecule has 9 nitrogen and oxygen atoms in total. The number of methoxy groups -OCH3 is 1. The lowest BCUT2D eigenvalue weighted by Gasteiger charge is -2.39. The number of benzene rings is 2. The van der Waals surface area contributed by atoms with Crippen molar-refractivity contribution in [3.05, 3.63) is 59.7 Å². The number of aromatic hydroxyl groups is 1. The summed E-state index contributed by atoms with van der Waals surface area (Å²) in [6.45, 7) is -0.581. The standard InChI is InChI=1S/C22H24O9/c1-29-17-10-13(15(25)8-4-12-2-6-14(24)7-3-12)5-9-16(17)30-22-21(28)20(27)19(26)18(11-23)31-22/h2-10,18-24,26-28H,11H2,1H3. The molecule has 0 radical (unpaired) electrons. The lowest BCUT2D eigenvalue weighted by molar-refractivity contribution is -0.277. The minimum Gasteiger partial charge on any atom is -0.508 e. The second kappa shape index (κ2) is 9.90. The van der Waals surface area contributed by atoms with Crippen molar-refractivity contribution in [2.45, 2.75) is 30.7 Å². The summed E-state index contributed by atoms with van der Waals surface area (Å²) >= 11 is 0. The van der Waals surface area contributed by atoms with Crippen molar-refractivity contribution in [3.8, 4) is 17.2 Å². The summed E-state index contributed by atoms with van der Waals surface area (Å²) in [7, 11) is 1.37. The summed E-state index contributed by atoms with van der Waals surface area (Å²) in [6.07, 6.45) is -4.15. The van der Waals surface area contributed by atoms with Crippen LogP contribution in [-0.2, 0) is 4.74 Å². The molecular weight excluding hydrogens is 408 g/mol. The molecule has 5 atom stereocenters. The van der Waals surface area contributed by atoms with Crippen molar-refractivity contribution < 1.29 is 44.5 Å². The first-order chi connectivity index (χ1) is 14.8. The Hall–Kier alpha value is -2.95. The average Bonchev–Trinajstić information content (AvgIpc) is 2.79. The topological polar surface area (TPSA) is 146 Å². The van der Waals surface area contributed by atoms with Gasteiger partial charge in [-0.3, -0.25) is 4.79 Å². The molecule has 2 aromatic carbocycles. The van der Waals surface area contributed by atoms with E-state index >= 15 is 0 Å². The summed E-state index contributed by atoms with van der Waals surface area (Å²) < 4.78 is 16.2. The van der Waals surface area contributed by atoms with Crippen LogP contribution in [0.25, 0.3) is 6.08 Å². The highest BCUT2D eigenvalue weighted by molar-refractivity contribution is 6.07. The molecular formula is C22H24O9. The maximum absolute atomic E-state index is 12.5. The number of phenols is 1. The zero-order chi connectivity index (χ0) is 22.5. The number of carbonyl (C=O) groups excluding carboxylic acids is 1. The smallest absolute Gasteiger partial charge is 0.229 e. The Morgan fingerprint density at radius 1 is 1.03 bits per heavy atom. The van der Waals surface area contributed by atoms with Gasteiger partial charge in [-0.2, -0.15) is 0 Å². The Morgan fingerprint density at radius 2 is 1.74 bits per heavy atom. The summed E-state index contributed by atoms with van der Waals surface area (Å²) in [4.78, 5) is 12.5. The van der Waals surface area contributed by atoms with Crippen molar-refractivity contribution in [1.29, 1.82) is 0 Å². The molecule has 0 amide bonds. The second-order valence-corrected chi connectivity index (χ2v) is 6.97. The van der Waals surface area contributed by atoms with Gasteiger partial charge in [0.25, 0.3) is 0 Å². The number of carbonyl (C=O) groups is 1. The van der Waals surface area contributed by atoms with Gasteiger partial charge in [-0.25, -0.2) is 0 Å². The molecule has 0 aromatic heterocycles. The molecule has 0 spiro atoms. The van der Waals surface area contributed by atoms with Gasteiger partial charge < -0.3 is 39.7 Å². The van der Waals surface area contributed by atoms with Crippen molar-refractivity contribution in [3.63, 3.8) is 0 Å². The molecule has 0 bridgehead atoms. The quantitative estimate of drug-likeness (QED) is 0.311. The van der Waals surface area contributed by atoms with Crippen LogP contribution in [0.1, 0.15) is 15.9 Å². The van der Waals surface area contributed by atoms with E-state index < -0.39 is 37.3 Å². The van der Waals surface area contributed by atoms with E-state index in [1.807, 2.05) is 0 Å². The number of aliphatic hydroxyl groups is 4. The fraction of sp³-hybridized carbons (Fsp3) is 0.318. The van der Waals surface area contributed by atoms with E-state index in [0.717, 1.165) is 5.56 Å². The van der Waals surface area contributed by atoms with E-state index in [9.17, 15) is 30.3 Å². The molecule has 5 unspecified atom stereocenters. The molecule has 0 saturated carbocycles. The Morgan fingerprint density at radius 3 is 2.39 bits per heavy atom. The van der Waals surface area contributed by atoms with Crippen LogP contribution in [0.3, 0.4) is 0 Å². The number of hydrogen-bond donors (Lipinski definition) is 5. The van der Waals surface area contributed by atoms with Gasteiger partial charge >= 0.3 is 0 Å². The molecule has 1 aliphatic rings. The van der Waals surface area contributed by atoms with Crippen molar-refractivity contribution >= 4 is 11.9 Å². The third kappa shape index (κ3) is 5.22. The van der Waals surface area contributed by atoms with Gasteiger partial charge in [0.15, 0.2) is 17.3 Å². The van der Waals surface area contributed by atoms with E-state index in [-0.39, 0.29) is 23.0 Å². The molecule has 9 heteroatoms. The number of ether oxygens (including phenoxy) is 3. The minimum absolute atomic E-state index is 0.128. The predicted octanol–water partition coefficient (Wildman–Crippen LogP) is 0.476. The minimum atomic E-state index is -1.58. The van der Waals surface area contributed by atoms with E-state index in [1.54, 1.807) is 18.2 Å². The summed E-state index contributed by atoms with van der Waals surface area (Å²) in [5.74, 6) is 0.140. The number of hydrogen-bond acceptors (Lipinski definition) is 9. The van der Waals surface area contributed by atoms with E-state index in [1.165, 1.54) is 43.5 Å². The van der Waals surface area contributed by atoms with Gasteiger partial charge in [0.1, 0.15) is 30.2 Å². The van der Waals surface area contributed by atoms with Gasteiger partial charge in [-0.05, 0) is 42.0 Å². The van der Waals surface area contributed by atoms with Gasteiger partial charge in [0, 0.05) is 5.56 Å². The average molecular weight is 432 g/mol. The van der Waals surface area contributed by atoms with E-state index in [4.69, 9.17) is 14.2 Å². The van der Waals surface area contributed by atoms with E-state index in [0.29, 0.717) is 5.56 Å². The van der Waals surface area contributed by atoms with Crippen molar-refractivity contribution in [2.24, 2.45) is 0 Å². The lowest BCUT2D eigenvalue weighted by atomic mass is 9.99. The third-order valence-electron chi connectivity index (χ3n) is 4.86. The van der Waals surface area contributed by atoms with Crippen molar-refractivity contribution in [2.75, 3.05) is 13.7 Å². The van der Waals surface area contributed by atoms with E-state index in [2.05, 4.69) is 0 Å². The van der Waals surface area contributed by atoms with Gasteiger partial charge in [0.2, 0.25) is 6.29 Å². The molecule has 5 N–H and O–H groups in total. The lowest BCUT2D eigenvalue weighted by Crippen LogP contribution is -2.60. The van der Waals surface area contributed by atoms with Gasteiger partial charge in [-0.15, -0.1) is 0 Å². The normalized spacial score (nSPS) is 26.0. The number of phenolic OH excluding ortho intramolecular Hbond substituents is 1. The maximum atomic E-state index is 12.5. The summed E-state index contributed by atoms with van der Waals surface area (Å²) in [5, 5.41) is 48.5. The Balaban J connectivity index is 1.75. The van der Waals surface area contributed by atoms with Crippen LogP contribution in [0.5, 0.6) is 17.2 Å². The third-order valence-corrected chi connectivity index (χ3v) is 4.86. The molecule has 1 aliphatic heterocycles. The Bertz CT molecular complexity index is 923. The molecule has 1 fully saturated rings. The highest BCUT2D eigenvalue weighted by Gasteiger charge is 2.44. The van der Waals surface area contributed by atoms with Gasteiger partial charge in [0.05, 0.1) is 13.7 Å². The second-order valence-electron chi connectivity index (χ2n) is 6.97. The zero-order valence-electron chi connectivity index (χ0n) is 16.7. The molecule has 3 rings (SSSR count). The summed E-state index contributed by atoms with van der Waals surface area (Å²) in [6, 6.07) is 10.7. The fourth-order valence-electron chi connectivity index (χ4n) is 3.06. The number of ketones is 1. The van der Waals surface area contributed by atoms with Crippen LogP contribution in [0, 0.1) is 0 Å². The first-order valence-electron chi connectivity index (χ1n) is 9.50. The number of rotatable bonds is 7. The van der Waals surface area contributed by atoms with Crippen LogP contribution in [-0.4, -0.2) is 75.7 Å². The molecule has 0 aliphatic carbocycles. The maximum Gasteiger partial charge on any atom is 0.229 e. The predicted molar refractivity (Wildman–Crippen MR) is 109 cm³/mol. The van der Waals surface area contributed by atoms with Crippen LogP contribution >= 0.6 is 0 Å². The number of aliphatic hydroxyl groups excluding tert-OH is 4. The highest BCUT2D eigenvalue weighted by atomic mass is 16.7. The highest BCUT2D eigenvalue weighted by Crippen LogP contribution is 2.32.